The molecule has 5 rings (SSSR count). The Hall–Kier alpha value is -3.20. The molecule has 0 amide bonds. The first-order valence-corrected chi connectivity index (χ1v) is 10.0. The van der Waals surface area contributed by atoms with Gasteiger partial charge in [-0.25, -0.2) is 0 Å². The van der Waals surface area contributed by atoms with Crippen molar-refractivity contribution < 1.29 is 4.74 Å². The zero-order valence-corrected chi connectivity index (χ0v) is 16.1. The second-order valence-electron chi connectivity index (χ2n) is 7.40. The molecule has 1 saturated heterocycles. The molecular weight excluding hydrogens is 354 g/mol. The van der Waals surface area contributed by atoms with Crippen LogP contribution in [0.4, 0.5) is 0 Å². The molecule has 4 aromatic carbocycles. The van der Waals surface area contributed by atoms with E-state index >= 15 is 0 Å². The molecule has 0 bridgehead atoms. The van der Waals surface area contributed by atoms with E-state index in [-0.39, 0.29) is 12.1 Å². The summed E-state index contributed by atoms with van der Waals surface area (Å²) in [5, 5.41) is 3.88. The van der Waals surface area contributed by atoms with Gasteiger partial charge in [-0.15, -0.1) is 0 Å². The van der Waals surface area contributed by atoms with Gasteiger partial charge in [-0.05, 0) is 11.1 Å². The molecule has 0 radical (unpaired) electrons. The van der Waals surface area contributed by atoms with Crippen molar-refractivity contribution in [1.29, 1.82) is 0 Å². The van der Waals surface area contributed by atoms with Crippen LogP contribution in [-0.2, 0) is 10.5 Å². The fourth-order valence-electron chi connectivity index (χ4n) is 4.22. The minimum absolute atomic E-state index is 0.0269. The molecule has 1 N–H and O–H groups in total. The van der Waals surface area contributed by atoms with Gasteiger partial charge < -0.3 is 4.74 Å². The number of benzene rings is 4. The van der Waals surface area contributed by atoms with Gasteiger partial charge in [0.05, 0.1) is 6.04 Å². The number of ether oxygens (including phenoxy) is 1. The Labute approximate surface area is 171 Å². The Morgan fingerprint density at radius 1 is 0.517 bits per heavy atom. The standard InChI is InChI=1S/C27H23NO/c1-5-13-21(14-6-1)25-26(22-15-7-2-8-16-22)29-27(28-25,23-17-9-3-10-18-23)24-19-11-4-12-20-24/h1-20,25-26,28H/t25-,26-/m1/s1. The van der Waals surface area contributed by atoms with Crippen LogP contribution in [0.2, 0.25) is 0 Å². The highest BCUT2D eigenvalue weighted by Crippen LogP contribution is 2.49. The minimum atomic E-state index is -0.719. The third-order valence-corrected chi connectivity index (χ3v) is 5.61. The molecule has 1 fully saturated rings. The average molecular weight is 377 g/mol. The van der Waals surface area contributed by atoms with Gasteiger partial charge in [0.25, 0.3) is 0 Å². The van der Waals surface area contributed by atoms with Crippen molar-refractivity contribution in [3.8, 4) is 0 Å². The molecule has 1 aliphatic heterocycles. The highest BCUT2D eigenvalue weighted by Gasteiger charge is 2.49. The fraction of sp³-hybridized carbons (Fsp3) is 0.111. The third kappa shape index (κ3) is 3.27. The van der Waals surface area contributed by atoms with Crippen LogP contribution < -0.4 is 5.32 Å². The van der Waals surface area contributed by atoms with Crippen LogP contribution in [0.5, 0.6) is 0 Å². The summed E-state index contributed by atoms with van der Waals surface area (Å²) in [6.45, 7) is 0. The van der Waals surface area contributed by atoms with Gasteiger partial charge in [-0.3, -0.25) is 5.32 Å². The van der Waals surface area contributed by atoms with Crippen LogP contribution in [0, 0.1) is 0 Å². The molecule has 0 spiro atoms. The van der Waals surface area contributed by atoms with E-state index in [9.17, 15) is 0 Å². The average Bonchev–Trinajstić information content (AvgIpc) is 3.24. The summed E-state index contributed by atoms with van der Waals surface area (Å²) in [6, 6.07) is 42.0. The van der Waals surface area contributed by atoms with Crippen molar-refractivity contribution in [1.82, 2.24) is 5.32 Å². The van der Waals surface area contributed by atoms with Gasteiger partial charge in [0, 0.05) is 11.1 Å². The lowest BCUT2D eigenvalue weighted by Gasteiger charge is -2.31. The highest BCUT2D eigenvalue weighted by molar-refractivity contribution is 5.40. The summed E-state index contributed by atoms with van der Waals surface area (Å²) >= 11 is 0. The van der Waals surface area contributed by atoms with Crippen LogP contribution in [0.3, 0.4) is 0 Å². The van der Waals surface area contributed by atoms with E-state index in [0.717, 1.165) is 11.1 Å². The lowest BCUT2D eigenvalue weighted by molar-refractivity contribution is -0.0280. The normalized spacial score (nSPS) is 20.4. The van der Waals surface area contributed by atoms with Gasteiger partial charge in [0.15, 0.2) is 5.72 Å². The van der Waals surface area contributed by atoms with Crippen molar-refractivity contribution in [2.24, 2.45) is 0 Å². The molecule has 142 valence electrons. The van der Waals surface area contributed by atoms with E-state index in [4.69, 9.17) is 4.74 Å². The monoisotopic (exact) mass is 377 g/mol. The van der Waals surface area contributed by atoms with E-state index < -0.39 is 5.72 Å². The third-order valence-electron chi connectivity index (χ3n) is 5.61. The minimum Gasteiger partial charge on any atom is -0.342 e. The second-order valence-corrected chi connectivity index (χ2v) is 7.40. The molecule has 2 nitrogen and oxygen atoms in total. The van der Waals surface area contributed by atoms with Crippen LogP contribution in [0.1, 0.15) is 34.4 Å². The molecule has 2 heteroatoms. The predicted octanol–water partition coefficient (Wildman–Crippen LogP) is 5.99. The Balaban J connectivity index is 1.69. The summed E-state index contributed by atoms with van der Waals surface area (Å²) < 4.78 is 6.96. The molecule has 2 atom stereocenters. The lowest BCUT2D eigenvalue weighted by Crippen LogP contribution is -2.40. The van der Waals surface area contributed by atoms with E-state index in [0.29, 0.717) is 0 Å². The Morgan fingerprint density at radius 3 is 1.41 bits per heavy atom. The molecular formula is C27H23NO. The fourth-order valence-corrected chi connectivity index (χ4v) is 4.22. The van der Waals surface area contributed by atoms with Crippen LogP contribution >= 0.6 is 0 Å². The first-order valence-electron chi connectivity index (χ1n) is 10.0. The zero-order chi connectivity index (χ0) is 19.5. The Bertz CT molecular complexity index is 960. The van der Waals surface area contributed by atoms with Gasteiger partial charge in [0.1, 0.15) is 6.10 Å². The number of hydrogen-bond donors (Lipinski definition) is 1. The Kier molecular flexibility index (Phi) is 4.73. The molecule has 0 unspecified atom stereocenters. The predicted molar refractivity (Wildman–Crippen MR) is 116 cm³/mol. The van der Waals surface area contributed by atoms with E-state index in [1.54, 1.807) is 0 Å². The maximum Gasteiger partial charge on any atom is 0.173 e. The lowest BCUT2D eigenvalue weighted by atomic mass is 9.93. The molecule has 0 aromatic heterocycles. The van der Waals surface area contributed by atoms with Crippen molar-refractivity contribution in [2.45, 2.75) is 17.9 Å². The van der Waals surface area contributed by atoms with Crippen molar-refractivity contribution in [3.63, 3.8) is 0 Å². The van der Waals surface area contributed by atoms with Crippen LogP contribution in [-0.4, -0.2) is 0 Å². The largest absolute Gasteiger partial charge is 0.342 e. The first-order chi connectivity index (χ1) is 14.4. The number of rotatable bonds is 4. The molecule has 29 heavy (non-hydrogen) atoms. The highest BCUT2D eigenvalue weighted by atomic mass is 16.5. The van der Waals surface area contributed by atoms with Gasteiger partial charge in [-0.1, -0.05) is 121 Å². The van der Waals surface area contributed by atoms with Gasteiger partial charge >= 0.3 is 0 Å². The Morgan fingerprint density at radius 2 is 0.931 bits per heavy atom. The summed E-state index contributed by atoms with van der Waals surface area (Å²) in [5.41, 5.74) is 3.87. The molecule has 0 aliphatic carbocycles. The SMILES string of the molecule is c1ccc([C@H]2NC(c3ccccc3)(c3ccccc3)O[C@@H]2c2ccccc2)cc1. The van der Waals surface area contributed by atoms with Crippen LogP contribution in [0.25, 0.3) is 0 Å². The summed E-state index contributed by atoms with van der Waals surface area (Å²) in [6.07, 6.45) is -0.112. The summed E-state index contributed by atoms with van der Waals surface area (Å²) in [4.78, 5) is 0. The van der Waals surface area contributed by atoms with Crippen molar-refractivity contribution >= 4 is 0 Å². The van der Waals surface area contributed by atoms with Crippen LogP contribution in [0.15, 0.2) is 121 Å². The maximum atomic E-state index is 6.96. The quantitative estimate of drug-likeness (QED) is 0.472. The number of nitrogens with one attached hydrogen (secondary N) is 1. The topological polar surface area (TPSA) is 21.3 Å². The smallest absolute Gasteiger partial charge is 0.173 e. The van der Waals surface area contributed by atoms with E-state index in [2.05, 4.69) is 108 Å². The maximum absolute atomic E-state index is 6.96. The zero-order valence-electron chi connectivity index (χ0n) is 16.1. The first kappa shape index (κ1) is 17.9. The molecule has 4 aromatic rings. The summed E-state index contributed by atoms with van der Waals surface area (Å²) in [7, 11) is 0. The van der Waals surface area contributed by atoms with E-state index in [1.807, 2.05) is 18.2 Å². The van der Waals surface area contributed by atoms with Crippen molar-refractivity contribution in [3.05, 3.63) is 144 Å². The van der Waals surface area contributed by atoms with E-state index in [1.165, 1.54) is 11.1 Å². The van der Waals surface area contributed by atoms with Gasteiger partial charge in [-0.2, -0.15) is 0 Å². The second kappa shape index (κ2) is 7.67. The van der Waals surface area contributed by atoms with Crippen molar-refractivity contribution in [2.75, 3.05) is 0 Å². The summed E-state index contributed by atoms with van der Waals surface area (Å²) in [5.74, 6) is 0. The van der Waals surface area contributed by atoms with Gasteiger partial charge in [0.2, 0.25) is 0 Å². The molecule has 0 saturated carbocycles. The number of hydrogen-bond acceptors (Lipinski definition) is 2. The molecule has 1 aliphatic rings. The molecule has 1 heterocycles.